The van der Waals surface area contributed by atoms with Gasteiger partial charge in [0, 0.05) is 10.4 Å². The fourth-order valence-corrected chi connectivity index (χ4v) is 3.91. The summed E-state index contributed by atoms with van der Waals surface area (Å²) >= 11 is 2.91. The number of hydrogen-bond donors (Lipinski definition) is 2. The van der Waals surface area contributed by atoms with Crippen LogP contribution in [0.25, 0.3) is 0 Å². The van der Waals surface area contributed by atoms with Crippen LogP contribution in [0.15, 0.2) is 27.5 Å². The summed E-state index contributed by atoms with van der Waals surface area (Å²) in [6.45, 7) is 2.36. The van der Waals surface area contributed by atoms with Crippen molar-refractivity contribution >= 4 is 29.0 Å². The van der Waals surface area contributed by atoms with Gasteiger partial charge in [0.15, 0.2) is 5.16 Å². The Kier molecular flexibility index (Phi) is 4.63. The molecule has 0 spiro atoms. The number of hydrogen-bond acceptors (Lipinski definition) is 5. The van der Waals surface area contributed by atoms with E-state index >= 15 is 0 Å². The Morgan fingerprint density at radius 2 is 2.41 bits per heavy atom. The zero-order valence-corrected chi connectivity index (χ0v) is 13.9. The lowest BCUT2D eigenvalue weighted by molar-refractivity contribution is -0.120. The Balaban J connectivity index is 1.61. The van der Waals surface area contributed by atoms with Gasteiger partial charge in [-0.2, -0.15) is 0 Å². The predicted molar refractivity (Wildman–Crippen MR) is 88.4 cm³/mol. The fraction of sp³-hybridized carbons (Fsp3) is 0.400. The van der Waals surface area contributed by atoms with Gasteiger partial charge in [0.05, 0.1) is 17.5 Å². The number of carbonyl (C=O) groups is 1. The van der Waals surface area contributed by atoms with Crippen LogP contribution in [0.2, 0.25) is 0 Å². The molecule has 0 radical (unpaired) electrons. The largest absolute Gasteiger partial charge is 0.350 e. The molecule has 1 unspecified atom stereocenters. The highest BCUT2D eigenvalue weighted by Crippen LogP contribution is 2.22. The molecule has 0 bridgehead atoms. The van der Waals surface area contributed by atoms with Gasteiger partial charge in [-0.1, -0.05) is 17.8 Å². The van der Waals surface area contributed by atoms with Crippen LogP contribution in [0.5, 0.6) is 0 Å². The molecule has 22 heavy (non-hydrogen) atoms. The third-order valence-corrected chi connectivity index (χ3v) is 5.45. The number of amides is 1. The zero-order valence-electron chi connectivity index (χ0n) is 12.2. The molecular formula is C15H17N3O2S2. The summed E-state index contributed by atoms with van der Waals surface area (Å²) in [5, 5.41) is 5.12. The Hall–Kier alpha value is -1.60. The fourth-order valence-electron chi connectivity index (χ4n) is 2.43. The van der Waals surface area contributed by atoms with Crippen LogP contribution >= 0.6 is 23.1 Å². The molecule has 2 N–H and O–H groups in total. The number of aromatic nitrogens is 2. The van der Waals surface area contributed by atoms with E-state index in [2.05, 4.69) is 15.3 Å². The first kappa shape index (κ1) is 15.3. The Labute approximate surface area is 136 Å². The second kappa shape index (κ2) is 6.66. The average Bonchev–Trinajstić information content (AvgIpc) is 3.15. The van der Waals surface area contributed by atoms with E-state index in [0.29, 0.717) is 11.7 Å². The lowest BCUT2D eigenvalue weighted by Gasteiger charge is -2.11. The number of aryl methyl sites for hydroxylation is 1. The summed E-state index contributed by atoms with van der Waals surface area (Å²) < 4.78 is 0. The number of carbonyl (C=O) groups excluding carboxylic acids is 1. The maximum Gasteiger partial charge on any atom is 0.254 e. The normalized spacial score (nSPS) is 14.6. The number of H-pyrrole nitrogens is 1. The van der Waals surface area contributed by atoms with E-state index in [1.165, 1.54) is 11.8 Å². The van der Waals surface area contributed by atoms with Crippen molar-refractivity contribution < 1.29 is 4.79 Å². The number of thiophene rings is 1. The minimum Gasteiger partial charge on any atom is -0.350 e. The van der Waals surface area contributed by atoms with Gasteiger partial charge in [0.2, 0.25) is 5.91 Å². The molecule has 0 aliphatic heterocycles. The number of thioether (sulfide) groups is 1. The van der Waals surface area contributed by atoms with Gasteiger partial charge in [0.1, 0.15) is 0 Å². The van der Waals surface area contributed by atoms with E-state index < -0.39 is 0 Å². The lowest BCUT2D eigenvalue weighted by atomic mass is 10.3. The molecule has 5 nitrogen and oxygen atoms in total. The molecule has 7 heteroatoms. The van der Waals surface area contributed by atoms with E-state index in [4.69, 9.17) is 0 Å². The summed E-state index contributed by atoms with van der Waals surface area (Å²) in [7, 11) is 0. The summed E-state index contributed by atoms with van der Waals surface area (Å²) in [5.41, 5.74) is 1.63. The van der Waals surface area contributed by atoms with Crippen LogP contribution in [0.4, 0.5) is 0 Å². The lowest BCUT2D eigenvalue weighted by Crippen LogP contribution is -2.30. The third kappa shape index (κ3) is 3.41. The van der Waals surface area contributed by atoms with Gasteiger partial charge in [0.25, 0.3) is 5.56 Å². The predicted octanol–water partition coefficient (Wildman–Crippen LogP) is 2.12. The second-order valence-electron chi connectivity index (χ2n) is 5.21. The highest BCUT2D eigenvalue weighted by molar-refractivity contribution is 8.00. The van der Waals surface area contributed by atoms with Crippen molar-refractivity contribution in [3.8, 4) is 0 Å². The second-order valence-corrected chi connectivity index (χ2v) is 7.57. The molecule has 2 heterocycles. The molecule has 0 aromatic carbocycles. The molecular weight excluding hydrogens is 318 g/mol. The van der Waals surface area contributed by atoms with Crippen LogP contribution < -0.4 is 10.9 Å². The summed E-state index contributed by atoms with van der Waals surface area (Å²) in [6.07, 6.45) is 2.64. The van der Waals surface area contributed by atoms with Gasteiger partial charge < -0.3 is 10.3 Å². The van der Waals surface area contributed by atoms with Crippen molar-refractivity contribution in [3.05, 3.63) is 44.0 Å². The van der Waals surface area contributed by atoms with E-state index in [1.807, 2.05) is 24.4 Å². The number of fused-ring (bicyclic) bond motifs is 1. The first-order valence-corrected chi connectivity index (χ1v) is 8.98. The van der Waals surface area contributed by atoms with Gasteiger partial charge in [-0.25, -0.2) is 4.98 Å². The minimum absolute atomic E-state index is 0.0541. The number of aromatic amines is 1. The van der Waals surface area contributed by atoms with E-state index in [-0.39, 0.29) is 16.7 Å². The van der Waals surface area contributed by atoms with Gasteiger partial charge in [-0.15, -0.1) is 11.3 Å². The SMILES string of the molecule is CC(Sc1nc2c(c(=O)[nH]1)CCC2)C(=O)NCc1cccs1. The minimum atomic E-state index is -0.303. The van der Waals surface area contributed by atoms with Crippen LogP contribution in [0.1, 0.15) is 29.5 Å². The van der Waals surface area contributed by atoms with Gasteiger partial charge in [-0.05, 0) is 37.6 Å². The Bertz CT molecular complexity index is 725. The molecule has 116 valence electrons. The third-order valence-electron chi connectivity index (χ3n) is 3.59. The topological polar surface area (TPSA) is 74.8 Å². The highest BCUT2D eigenvalue weighted by Gasteiger charge is 2.20. The van der Waals surface area contributed by atoms with Crippen molar-refractivity contribution in [2.24, 2.45) is 0 Å². The van der Waals surface area contributed by atoms with Crippen molar-refractivity contribution in [1.82, 2.24) is 15.3 Å². The first-order chi connectivity index (χ1) is 10.6. The summed E-state index contributed by atoms with van der Waals surface area (Å²) in [6, 6.07) is 3.95. The molecule has 2 aromatic rings. The monoisotopic (exact) mass is 335 g/mol. The maximum atomic E-state index is 12.1. The maximum absolute atomic E-state index is 12.1. The van der Waals surface area contributed by atoms with Crippen LogP contribution in [-0.2, 0) is 24.2 Å². The van der Waals surface area contributed by atoms with Crippen molar-refractivity contribution in [1.29, 1.82) is 0 Å². The van der Waals surface area contributed by atoms with Crippen LogP contribution in [-0.4, -0.2) is 21.1 Å². The van der Waals surface area contributed by atoms with Crippen molar-refractivity contribution in [2.75, 3.05) is 0 Å². The molecule has 2 aromatic heterocycles. The molecule has 1 atom stereocenters. The number of nitrogens with one attached hydrogen (secondary N) is 2. The zero-order chi connectivity index (χ0) is 15.5. The van der Waals surface area contributed by atoms with Crippen LogP contribution in [0, 0.1) is 0 Å². The van der Waals surface area contributed by atoms with Crippen LogP contribution in [0.3, 0.4) is 0 Å². The highest BCUT2D eigenvalue weighted by atomic mass is 32.2. The number of rotatable bonds is 5. The van der Waals surface area contributed by atoms with E-state index in [9.17, 15) is 9.59 Å². The Morgan fingerprint density at radius 3 is 3.18 bits per heavy atom. The number of nitrogens with zero attached hydrogens (tertiary/aromatic N) is 1. The molecule has 1 aliphatic carbocycles. The molecule has 1 amide bonds. The van der Waals surface area contributed by atoms with Gasteiger partial charge in [-0.3, -0.25) is 9.59 Å². The average molecular weight is 335 g/mol. The molecule has 0 saturated carbocycles. The van der Waals surface area contributed by atoms with E-state index in [1.54, 1.807) is 11.3 Å². The smallest absolute Gasteiger partial charge is 0.254 e. The van der Waals surface area contributed by atoms with Gasteiger partial charge >= 0.3 is 0 Å². The molecule has 3 rings (SSSR count). The van der Waals surface area contributed by atoms with Crippen molar-refractivity contribution in [2.45, 2.75) is 43.1 Å². The molecule has 0 saturated heterocycles. The quantitative estimate of drug-likeness (QED) is 0.648. The first-order valence-electron chi connectivity index (χ1n) is 7.22. The summed E-state index contributed by atoms with van der Waals surface area (Å²) in [4.78, 5) is 32.4. The van der Waals surface area contributed by atoms with E-state index in [0.717, 1.165) is 35.4 Å². The molecule has 0 fully saturated rings. The summed E-state index contributed by atoms with van der Waals surface area (Å²) in [5.74, 6) is -0.0541. The van der Waals surface area contributed by atoms with Crippen molar-refractivity contribution in [3.63, 3.8) is 0 Å². The molecule has 1 aliphatic rings. The standard InChI is InChI=1S/C15H17N3O2S2/c1-9(13(19)16-8-10-4-3-7-21-10)22-15-17-12-6-2-5-11(12)14(20)18-15/h3-4,7,9H,2,5-6,8H2,1H3,(H,16,19)(H,17,18,20). The Morgan fingerprint density at radius 1 is 1.55 bits per heavy atom.